The van der Waals surface area contributed by atoms with Gasteiger partial charge in [-0.15, -0.1) is 0 Å². The molecule has 1 aromatic heterocycles. The highest BCUT2D eigenvalue weighted by molar-refractivity contribution is 6.36. The number of benzene rings is 1. The predicted octanol–water partition coefficient (Wildman–Crippen LogP) is 3.09. The number of carbonyl (C=O) groups is 1. The normalized spacial score (nSPS) is 10.6. The molecule has 0 aliphatic rings. The van der Waals surface area contributed by atoms with Gasteiger partial charge in [0.1, 0.15) is 0 Å². The van der Waals surface area contributed by atoms with E-state index < -0.39 is 10.9 Å². The molecule has 0 aliphatic heterocycles. The summed E-state index contributed by atoms with van der Waals surface area (Å²) in [5.74, 6) is -1.24. The molecule has 9 heteroatoms. The molecule has 0 unspecified atom stereocenters. The van der Waals surface area contributed by atoms with Gasteiger partial charge in [0.15, 0.2) is 11.4 Å². The fourth-order valence-corrected chi connectivity index (χ4v) is 2.27. The molecule has 104 valence electrons. The number of aromatic nitrogens is 2. The monoisotopic (exact) mass is 315 g/mol. The van der Waals surface area contributed by atoms with Gasteiger partial charge in [-0.2, -0.15) is 5.10 Å². The minimum Gasteiger partial charge on any atom is -0.476 e. The average molecular weight is 316 g/mol. The Morgan fingerprint density at radius 3 is 2.55 bits per heavy atom. The molecule has 2 rings (SSSR count). The molecular formula is C11H7Cl2N3O4. The van der Waals surface area contributed by atoms with Gasteiger partial charge in [-0.05, 0) is 19.1 Å². The zero-order chi connectivity index (χ0) is 15.0. The Labute approximate surface area is 122 Å². The van der Waals surface area contributed by atoms with Crippen molar-refractivity contribution < 1.29 is 14.8 Å². The number of rotatable bonds is 3. The predicted molar refractivity (Wildman–Crippen MR) is 71.9 cm³/mol. The van der Waals surface area contributed by atoms with Crippen LogP contribution >= 0.6 is 23.2 Å². The van der Waals surface area contributed by atoms with Crippen LogP contribution in [-0.2, 0) is 0 Å². The van der Waals surface area contributed by atoms with Crippen LogP contribution in [0.5, 0.6) is 0 Å². The Morgan fingerprint density at radius 2 is 2.05 bits per heavy atom. The van der Waals surface area contributed by atoms with Gasteiger partial charge in [0.2, 0.25) is 0 Å². The van der Waals surface area contributed by atoms with Crippen molar-refractivity contribution in [3.63, 3.8) is 0 Å². The summed E-state index contributed by atoms with van der Waals surface area (Å²) in [5.41, 5.74) is -0.214. The number of aromatic carboxylic acids is 1. The van der Waals surface area contributed by atoms with Crippen LogP contribution < -0.4 is 0 Å². The number of nitrogens with zero attached hydrogens (tertiary/aromatic N) is 3. The molecular weight excluding hydrogens is 309 g/mol. The molecule has 1 heterocycles. The first-order valence-corrected chi connectivity index (χ1v) is 6.00. The Morgan fingerprint density at radius 1 is 1.40 bits per heavy atom. The molecule has 7 nitrogen and oxygen atoms in total. The maximum Gasteiger partial charge on any atom is 0.356 e. The molecule has 0 saturated heterocycles. The fourth-order valence-electron chi connectivity index (χ4n) is 1.71. The summed E-state index contributed by atoms with van der Waals surface area (Å²) in [6, 6.07) is 3.74. The lowest BCUT2D eigenvalue weighted by Gasteiger charge is -2.08. The van der Waals surface area contributed by atoms with Crippen LogP contribution in [0.3, 0.4) is 0 Å². The number of hydrogen-bond acceptors (Lipinski definition) is 4. The van der Waals surface area contributed by atoms with Crippen molar-refractivity contribution in [1.29, 1.82) is 0 Å². The number of halogens is 2. The minimum absolute atomic E-state index is 0.00680. The third-order valence-electron chi connectivity index (χ3n) is 2.52. The van der Waals surface area contributed by atoms with Crippen molar-refractivity contribution in [2.75, 3.05) is 0 Å². The van der Waals surface area contributed by atoms with Crippen molar-refractivity contribution in [2.24, 2.45) is 0 Å². The first-order chi connectivity index (χ1) is 9.31. The zero-order valence-electron chi connectivity index (χ0n) is 10.0. The lowest BCUT2D eigenvalue weighted by atomic mass is 10.2. The summed E-state index contributed by atoms with van der Waals surface area (Å²) in [6.45, 7) is 1.56. The van der Waals surface area contributed by atoms with Gasteiger partial charge < -0.3 is 5.11 Å². The SMILES string of the molecule is Cc1cc(C(=O)O)nn1-c1c(Cl)cc(Cl)cc1[N+](=O)[O-]. The van der Waals surface area contributed by atoms with Gasteiger partial charge in [0.25, 0.3) is 5.69 Å². The van der Waals surface area contributed by atoms with E-state index in [1.165, 1.54) is 12.1 Å². The van der Waals surface area contributed by atoms with E-state index in [4.69, 9.17) is 28.3 Å². The van der Waals surface area contributed by atoms with Crippen LogP contribution in [0, 0.1) is 17.0 Å². The van der Waals surface area contributed by atoms with Crippen LogP contribution in [0.25, 0.3) is 5.69 Å². The largest absolute Gasteiger partial charge is 0.476 e. The topological polar surface area (TPSA) is 98.3 Å². The highest BCUT2D eigenvalue weighted by Crippen LogP contribution is 2.34. The summed E-state index contributed by atoms with van der Waals surface area (Å²) in [4.78, 5) is 21.3. The Bertz CT molecular complexity index is 727. The maximum absolute atomic E-state index is 11.1. The van der Waals surface area contributed by atoms with Gasteiger partial charge in [0, 0.05) is 16.8 Å². The molecule has 0 saturated carbocycles. The zero-order valence-corrected chi connectivity index (χ0v) is 11.5. The molecule has 20 heavy (non-hydrogen) atoms. The van der Waals surface area contributed by atoms with E-state index in [0.717, 1.165) is 10.7 Å². The summed E-state index contributed by atoms with van der Waals surface area (Å²) in [5, 5.41) is 23.9. The second kappa shape index (κ2) is 5.10. The summed E-state index contributed by atoms with van der Waals surface area (Å²) < 4.78 is 1.11. The van der Waals surface area contributed by atoms with E-state index in [1.807, 2.05) is 0 Å². The lowest BCUT2D eigenvalue weighted by Crippen LogP contribution is -2.06. The fraction of sp³-hybridized carbons (Fsp3) is 0.0909. The second-order valence-corrected chi connectivity index (χ2v) is 4.74. The summed E-state index contributed by atoms with van der Waals surface area (Å²) >= 11 is 11.7. The number of aryl methyl sites for hydroxylation is 1. The Kier molecular flexibility index (Phi) is 3.65. The molecule has 0 spiro atoms. The van der Waals surface area contributed by atoms with Gasteiger partial charge in [-0.25, -0.2) is 9.48 Å². The van der Waals surface area contributed by atoms with E-state index in [2.05, 4.69) is 5.10 Å². The first kappa shape index (κ1) is 14.3. The lowest BCUT2D eigenvalue weighted by molar-refractivity contribution is -0.384. The van der Waals surface area contributed by atoms with Gasteiger partial charge in [-0.1, -0.05) is 23.2 Å². The van der Waals surface area contributed by atoms with Crippen LogP contribution in [0.2, 0.25) is 10.0 Å². The van der Waals surface area contributed by atoms with Crippen LogP contribution in [-0.4, -0.2) is 25.8 Å². The van der Waals surface area contributed by atoms with Crippen molar-refractivity contribution in [3.05, 3.63) is 49.7 Å². The highest BCUT2D eigenvalue weighted by Gasteiger charge is 2.23. The molecule has 0 fully saturated rings. The standard InChI is InChI=1S/C11H7Cl2N3O4/c1-5-2-8(11(17)18)14-15(5)10-7(13)3-6(12)4-9(10)16(19)20/h2-4H,1H3,(H,17,18). The Hall–Kier alpha value is -2.12. The van der Waals surface area contributed by atoms with E-state index in [9.17, 15) is 14.9 Å². The van der Waals surface area contributed by atoms with Crippen molar-refractivity contribution in [3.8, 4) is 5.69 Å². The second-order valence-electron chi connectivity index (χ2n) is 3.90. The first-order valence-electron chi connectivity index (χ1n) is 5.25. The third-order valence-corrected chi connectivity index (χ3v) is 3.03. The summed E-state index contributed by atoms with van der Waals surface area (Å²) in [7, 11) is 0. The number of nitro benzene ring substituents is 1. The Balaban J connectivity index is 2.75. The highest BCUT2D eigenvalue weighted by atomic mass is 35.5. The van der Waals surface area contributed by atoms with E-state index in [1.54, 1.807) is 6.92 Å². The van der Waals surface area contributed by atoms with Gasteiger partial charge >= 0.3 is 5.97 Å². The third kappa shape index (κ3) is 2.45. The van der Waals surface area contributed by atoms with E-state index in [-0.39, 0.29) is 27.1 Å². The van der Waals surface area contributed by atoms with Crippen molar-refractivity contribution >= 4 is 34.9 Å². The molecule has 0 amide bonds. The number of nitro groups is 1. The summed E-state index contributed by atoms with van der Waals surface area (Å²) in [6.07, 6.45) is 0. The van der Waals surface area contributed by atoms with E-state index in [0.29, 0.717) is 5.69 Å². The number of hydrogen-bond donors (Lipinski definition) is 1. The van der Waals surface area contributed by atoms with Crippen LogP contribution in [0.1, 0.15) is 16.2 Å². The molecule has 0 bridgehead atoms. The van der Waals surface area contributed by atoms with Crippen molar-refractivity contribution in [1.82, 2.24) is 9.78 Å². The average Bonchev–Trinajstić information content (AvgIpc) is 2.70. The molecule has 1 aromatic carbocycles. The van der Waals surface area contributed by atoms with Crippen molar-refractivity contribution in [2.45, 2.75) is 6.92 Å². The van der Waals surface area contributed by atoms with Crippen LogP contribution in [0.15, 0.2) is 18.2 Å². The molecule has 0 radical (unpaired) electrons. The van der Waals surface area contributed by atoms with E-state index >= 15 is 0 Å². The molecule has 2 aromatic rings. The molecule has 0 aliphatic carbocycles. The smallest absolute Gasteiger partial charge is 0.356 e. The van der Waals surface area contributed by atoms with Gasteiger partial charge in [-0.3, -0.25) is 10.1 Å². The minimum atomic E-state index is -1.24. The van der Waals surface area contributed by atoms with Gasteiger partial charge in [0.05, 0.1) is 9.95 Å². The van der Waals surface area contributed by atoms with Crippen LogP contribution in [0.4, 0.5) is 5.69 Å². The number of carboxylic acid groups (broad SMARTS) is 1. The maximum atomic E-state index is 11.1. The quantitative estimate of drug-likeness (QED) is 0.693. The number of carboxylic acids is 1. The molecule has 1 N–H and O–H groups in total. The molecule has 0 atom stereocenters.